The van der Waals surface area contributed by atoms with E-state index in [0.29, 0.717) is 18.4 Å². The number of likely N-dealkylation sites (tertiary alicyclic amines) is 1. The average Bonchev–Trinajstić information content (AvgIpc) is 3.66. The van der Waals surface area contributed by atoms with Crippen LogP contribution < -0.4 is 10.6 Å². The highest BCUT2D eigenvalue weighted by Crippen LogP contribution is 2.32. The van der Waals surface area contributed by atoms with E-state index < -0.39 is 59.7 Å². The number of carbonyl (C=O) groups is 5. The van der Waals surface area contributed by atoms with Gasteiger partial charge >= 0.3 is 18.1 Å². The molecule has 0 aliphatic carbocycles. The molecular weight excluding hydrogens is 780 g/mol. The number of benzene rings is 1. The molecule has 1 aliphatic rings. The van der Waals surface area contributed by atoms with Crippen LogP contribution in [0.1, 0.15) is 113 Å². The monoisotopic (exact) mass is 839 g/mol. The second-order valence-electron chi connectivity index (χ2n) is 15.6. The molecule has 324 valence electrons. The lowest BCUT2D eigenvalue weighted by Crippen LogP contribution is -2.59. The summed E-state index contributed by atoms with van der Waals surface area (Å²) in [6.45, 7) is 11.7. The summed E-state index contributed by atoms with van der Waals surface area (Å²) < 4.78 is 50.7. The summed E-state index contributed by atoms with van der Waals surface area (Å²) in [4.78, 5) is 74.3. The number of piperidine rings is 1. The molecule has 1 aromatic heterocycles. The Morgan fingerprint density at radius 3 is 2.28 bits per heavy atom. The molecule has 7 atom stereocenters. The number of carboxylic acids is 1. The van der Waals surface area contributed by atoms with Crippen molar-refractivity contribution >= 4 is 41.0 Å². The molecule has 3 rings (SSSR count). The van der Waals surface area contributed by atoms with E-state index in [0.717, 1.165) is 42.9 Å². The normalized spacial score (nSPS) is 18.0. The molecule has 0 spiro atoms. The van der Waals surface area contributed by atoms with Crippen molar-refractivity contribution in [3.63, 3.8) is 0 Å². The molecule has 7 unspecified atom stereocenters. The quantitative estimate of drug-likeness (QED) is 0.125. The minimum Gasteiger partial charge on any atom is -0.481 e. The van der Waals surface area contributed by atoms with E-state index >= 15 is 0 Å². The molecule has 1 aliphatic heterocycles. The van der Waals surface area contributed by atoms with Crippen molar-refractivity contribution in [1.82, 2.24) is 25.4 Å². The number of hydrogen-bond donors (Lipinski definition) is 3. The Morgan fingerprint density at radius 2 is 1.72 bits per heavy atom. The van der Waals surface area contributed by atoms with Gasteiger partial charge in [0.25, 0.3) is 5.91 Å². The van der Waals surface area contributed by atoms with Gasteiger partial charge in [0.1, 0.15) is 16.7 Å². The van der Waals surface area contributed by atoms with Crippen LogP contribution >= 0.6 is 11.3 Å². The number of carboxylic acid groups (broad SMARTS) is 1. The first-order chi connectivity index (χ1) is 27.3. The van der Waals surface area contributed by atoms with Crippen molar-refractivity contribution in [2.24, 2.45) is 17.8 Å². The first-order valence-corrected chi connectivity index (χ1v) is 20.8. The number of esters is 1. The predicted molar refractivity (Wildman–Crippen MR) is 213 cm³/mol. The van der Waals surface area contributed by atoms with E-state index in [1.165, 1.54) is 38.5 Å². The van der Waals surface area contributed by atoms with Crippen molar-refractivity contribution in [1.29, 1.82) is 0 Å². The van der Waals surface area contributed by atoms with Crippen molar-refractivity contribution in [3.8, 4) is 0 Å². The number of nitrogens with one attached hydrogen (secondary N) is 2. The van der Waals surface area contributed by atoms with Gasteiger partial charge in [0, 0.05) is 44.5 Å². The number of alkyl halides is 3. The highest BCUT2D eigenvalue weighted by atomic mass is 32.1. The third-order valence-corrected chi connectivity index (χ3v) is 11.7. The summed E-state index contributed by atoms with van der Waals surface area (Å²) in [6.07, 6.45) is -2.09. The number of hydrogen-bond acceptors (Lipinski definition) is 10. The van der Waals surface area contributed by atoms with Gasteiger partial charge in [0.15, 0.2) is 6.10 Å². The Morgan fingerprint density at radius 1 is 1.05 bits per heavy atom. The summed E-state index contributed by atoms with van der Waals surface area (Å²) in [7, 11) is 3.44. The van der Waals surface area contributed by atoms with Crippen LogP contribution in [-0.2, 0) is 41.2 Å². The number of aliphatic carboxylic acids is 1. The number of likely N-dealkylation sites (N-methyl/N-ethyl adjacent to an activating group) is 1. The third-order valence-electron chi connectivity index (χ3n) is 10.8. The van der Waals surface area contributed by atoms with Gasteiger partial charge in [-0.05, 0) is 68.8 Å². The molecule has 17 heteroatoms. The molecular formula is C41H60F3N5O8S. The zero-order valence-corrected chi connectivity index (χ0v) is 35.6. The fraction of sp³-hybridized carbons (Fsp3) is 0.659. The van der Waals surface area contributed by atoms with Crippen molar-refractivity contribution < 1.29 is 51.7 Å². The van der Waals surface area contributed by atoms with Gasteiger partial charge < -0.3 is 30.1 Å². The molecule has 3 N–H and O–H groups in total. The van der Waals surface area contributed by atoms with Crippen LogP contribution in [0.3, 0.4) is 0 Å². The second-order valence-corrected chi connectivity index (χ2v) is 16.5. The van der Waals surface area contributed by atoms with Crippen LogP contribution in [0.4, 0.5) is 13.2 Å². The molecule has 58 heavy (non-hydrogen) atoms. The van der Waals surface area contributed by atoms with E-state index in [2.05, 4.69) is 15.6 Å². The maximum Gasteiger partial charge on any atom is 0.416 e. The largest absolute Gasteiger partial charge is 0.481 e. The molecule has 1 fully saturated rings. The second kappa shape index (κ2) is 22.3. The van der Waals surface area contributed by atoms with E-state index in [1.807, 2.05) is 39.6 Å². The molecule has 1 aromatic carbocycles. The number of rotatable bonds is 21. The number of carbonyl (C=O) groups excluding carboxylic acids is 4. The Balaban J connectivity index is 1.90. The molecule has 2 aromatic rings. The zero-order chi connectivity index (χ0) is 43.3. The molecule has 0 saturated carbocycles. The van der Waals surface area contributed by atoms with Crippen LogP contribution in [0.15, 0.2) is 29.6 Å². The minimum absolute atomic E-state index is 0.00791. The highest BCUT2D eigenvalue weighted by molar-refractivity contribution is 7.09. The molecule has 2 heterocycles. The van der Waals surface area contributed by atoms with Crippen LogP contribution in [0.2, 0.25) is 0 Å². The standard InChI is InChI=1S/C41H60F3N5O8S/c1-9-25(4)35(47-37(52)32-12-10-11-17-48(32)7)39(53)49(18-19-56-8)33(24(2)3)22-34(57-27(6)50)38-46-31(23-58-38)36(51)45-30(20-26(5)40(54)55)21-28-13-15-29(16-14-28)41(42,43)44/h13-16,23-26,30,32-35H,9-12,17-22H2,1-8H3,(H,45,51)(H,47,52)(H,54,55). The van der Waals surface area contributed by atoms with E-state index in [1.54, 1.807) is 4.90 Å². The van der Waals surface area contributed by atoms with Gasteiger partial charge in [-0.3, -0.25) is 28.9 Å². The van der Waals surface area contributed by atoms with E-state index in [-0.39, 0.29) is 72.8 Å². The lowest BCUT2D eigenvalue weighted by atomic mass is 9.92. The Bertz CT molecular complexity index is 1670. The molecule has 1 saturated heterocycles. The van der Waals surface area contributed by atoms with Crippen molar-refractivity contribution in [3.05, 3.63) is 51.5 Å². The highest BCUT2D eigenvalue weighted by Gasteiger charge is 2.39. The number of halogens is 3. The molecule has 3 amide bonds. The van der Waals surface area contributed by atoms with Gasteiger partial charge in [-0.15, -0.1) is 11.3 Å². The number of amides is 3. The van der Waals surface area contributed by atoms with Crippen LogP contribution in [0.5, 0.6) is 0 Å². The summed E-state index contributed by atoms with van der Waals surface area (Å²) in [6, 6.07) is 1.98. The Labute approximate surface area is 343 Å². The fourth-order valence-electron chi connectivity index (χ4n) is 7.16. The van der Waals surface area contributed by atoms with Gasteiger partial charge in [-0.25, -0.2) is 4.98 Å². The lowest BCUT2D eigenvalue weighted by molar-refractivity contribution is -0.150. The number of thiazole rings is 1. The SMILES string of the molecule is CCC(C)C(NC(=O)C1CCCCN1C)C(=O)N(CCOC)C(CC(OC(C)=O)c1nc(C(=O)NC(Cc2ccc(C(F)(F)F)cc2)CC(C)C(=O)O)cs1)C(C)C. The number of nitrogens with zero attached hydrogens (tertiary/aromatic N) is 3. The minimum atomic E-state index is -4.53. The van der Waals surface area contributed by atoms with E-state index in [9.17, 15) is 42.3 Å². The fourth-order valence-corrected chi connectivity index (χ4v) is 8.00. The number of methoxy groups -OCH3 is 1. The topological polar surface area (TPSA) is 167 Å². The molecule has 13 nitrogen and oxygen atoms in total. The van der Waals surface area contributed by atoms with Crippen LogP contribution in [0.25, 0.3) is 0 Å². The van der Waals surface area contributed by atoms with Gasteiger partial charge in [0.2, 0.25) is 11.8 Å². The molecule has 0 radical (unpaired) electrons. The smallest absolute Gasteiger partial charge is 0.416 e. The van der Waals surface area contributed by atoms with Gasteiger partial charge in [-0.2, -0.15) is 13.2 Å². The van der Waals surface area contributed by atoms with Gasteiger partial charge in [0.05, 0.1) is 24.1 Å². The zero-order valence-electron chi connectivity index (χ0n) is 34.8. The summed E-state index contributed by atoms with van der Waals surface area (Å²) >= 11 is 1.07. The molecule has 0 bridgehead atoms. The van der Waals surface area contributed by atoms with Crippen LogP contribution in [-0.4, -0.2) is 108 Å². The predicted octanol–water partition coefficient (Wildman–Crippen LogP) is 6.12. The first-order valence-electron chi connectivity index (χ1n) is 19.9. The Hall–Kier alpha value is -4.09. The summed E-state index contributed by atoms with van der Waals surface area (Å²) in [5.74, 6) is -4.07. The van der Waals surface area contributed by atoms with Gasteiger partial charge in [-0.1, -0.05) is 59.6 Å². The van der Waals surface area contributed by atoms with Crippen molar-refractivity contribution in [2.45, 2.75) is 123 Å². The first kappa shape index (κ1) is 48.3. The Kier molecular flexibility index (Phi) is 18.6. The summed E-state index contributed by atoms with van der Waals surface area (Å²) in [5.41, 5.74) is -0.393. The van der Waals surface area contributed by atoms with Crippen molar-refractivity contribution in [2.75, 3.05) is 33.9 Å². The maximum absolute atomic E-state index is 14.6. The van der Waals surface area contributed by atoms with Crippen LogP contribution in [0, 0.1) is 17.8 Å². The number of ether oxygens (including phenoxy) is 2. The summed E-state index contributed by atoms with van der Waals surface area (Å²) in [5, 5.41) is 17.2. The average molecular weight is 840 g/mol. The lowest BCUT2D eigenvalue weighted by Gasteiger charge is -2.40. The van der Waals surface area contributed by atoms with E-state index in [4.69, 9.17) is 9.47 Å². The number of aromatic nitrogens is 1. The maximum atomic E-state index is 14.6. The third kappa shape index (κ3) is 14.0.